The van der Waals surface area contributed by atoms with Gasteiger partial charge >= 0.3 is 12.1 Å². The number of amides is 1. The highest BCUT2D eigenvalue weighted by molar-refractivity contribution is 9.10. The highest BCUT2D eigenvalue weighted by atomic mass is 79.9. The highest BCUT2D eigenvalue weighted by Gasteiger charge is 2.32. The summed E-state index contributed by atoms with van der Waals surface area (Å²) in [6.45, 7) is -0.877. The number of rotatable bonds is 4. The van der Waals surface area contributed by atoms with Gasteiger partial charge in [0.2, 0.25) is 0 Å². The maximum absolute atomic E-state index is 12.5. The van der Waals surface area contributed by atoms with Crippen LogP contribution < -0.4 is 5.32 Å². The molecule has 5 nitrogen and oxygen atoms in total. The number of carbonyl (C=O) groups excluding carboxylic acids is 1. The van der Waals surface area contributed by atoms with Crippen molar-refractivity contribution in [3.05, 3.63) is 33.8 Å². The Kier molecular flexibility index (Phi) is 5.12. The molecule has 3 N–H and O–H groups in total. The summed E-state index contributed by atoms with van der Waals surface area (Å²) < 4.78 is 37.7. The van der Waals surface area contributed by atoms with Crippen molar-refractivity contribution >= 4 is 27.8 Å². The van der Waals surface area contributed by atoms with Crippen LogP contribution in [0.5, 0.6) is 0 Å². The maximum Gasteiger partial charge on any atom is 0.416 e. The monoisotopic (exact) mass is 355 g/mol. The van der Waals surface area contributed by atoms with E-state index < -0.39 is 36.3 Å². The Morgan fingerprint density at radius 3 is 2.40 bits per heavy atom. The third kappa shape index (κ3) is 3.94. The van der Waals surface area contributed by atoms with E-state index in [0.717, 1.165) is 12.1 Å². The number of carboxylic acids is 1. The van der Waals surface area contributed by atoms with Crippen LogP contribution in [0.3, 0.4) is 0 Å². The van der Waals surface area contributed by atoms with Gasteiger partial charge in [-0.25, -0.2) is 4.79 Å². The van der Waals surface area contributed by atoms with Gasteiger partial charge in [0, 0.05) is 4.47 Å². The number of aliphatic hydroxyl groups excluding tert-OH is 1. The van der Waals surface area contributed by atoms with Crippen LogP contribution in [-0.2, 0) is 11.0 Å². The van der Waals surface area contributed by atoms with Gasteiger partial charge in [-0.3, -0.25) is 4.79 Å². The van der Waals surface area contributed by atoms with E-state index in [9.17, 15) is 22.8 Å². The van der Waals surface area contributed by atoms with E-state index in [1.165, 1.54) is 0 Å². The first-order valence-corrected chi connectivity index (χ1v) is 5.97. The van der Waals surface area contributed by atoms with E-state index >= 15 is 0 Å². The zero-order valence-electron chi connectivity index (χ0n) is 9.74. The minimum Gasteiger partial charge on any atom is -0.480 e. The molecule has 1 aromatic rings. The molecule has 110 valence electrons. The van der Waals surface area contributed by atoms with Crippen molar-refractivity contribution < 1.29 is 33.0 Å². The molecule has 1 amide bonds. The summed E-state index contributed by atoms with van der Waals surface area (Å²) >= 11 is 2.91. The van der Waals surface area contributed by atoms with E-state index in [1.807, 2.05) is 5.32 Å². The smallest absolute Gasteiger partial charge is 0.416 e. The van der Waals surface area contributed by atoms with E-state index in [4.69, 9.17) is 10.2 Å². The number of aliphatic hydroxyl groups is 1. The summed E-state index contributed by atoms with van der Waals surface area (Å²) in [7, 11) is 0. The molecule has 0 aliphatic rings. The molecule has 0 bridgehead atoms. The Hall–Kier alpha value is -1.61. The zero-order chi connectivity index (χ0) is 15.5. The number of aliphatic carboxylic acids is 1. The summed E-state index contributed by atoms with van der Waals surface area (Å²) in [5, 5.41) is 19.3. The third-order valence-corrected chi connectivity index (χ3v) is 3.02. The molecule has 0 heterocycles. The Balaban J connectivity index is 3.06. The normalized spacial score (nSPS) is 12.8. The average Bonchev–Trinajstić information content (AvgIpc) is 2.34. The van der Waals surface area contributed by atoms with Gasteiger partial charge in [-0.2, -0.15) is 13.2 Å². The molecule has 20 heavy (non-hydrogen) atoms. The summed E-state index contributed by atoms with van der Waals surface area (Å²) in [6.07, 6.45) is -4.63. The molecule has 0 radical (unpaired) electrons. The van der Waals surface area contributed by atoms with Crippen LogP contribution >= 0.6 is 15.9 Å². The van der Waals surface area contributed by atoms with Gasteiger partial charge in [-0.15, -0.1) is 0 Å². The maximum atomic E-state index is 12.5. The molecule has 0 spiro atoms. The Labute approximate surface area is 119 Å². The molecule has 0 aliphatic carbocycles. The van der Waals surface area contributed by atoms with Crippen molar-refractivity contribution in [2.24, 2.45) is 0 Å². The Morgan fingerprint density at radius 1 is 1.35 bits per heavy atom. The lowest BCUT2D eigenvalue weighted by Crippen LogP contribution is -2.43. The van der Waals surface area contributed by atoms with Crippen LogP contribution in [0.15, 0.2) is 22.7 Å². The molecule has 0 saturated heterocycles. The van der Waals surface area contributed by atoms with E-state index in [0.29, 0.717) is 6.07 Å². The van der Waals surface area contributed by atoms with Gasteiger partial charge in [0.25, 0.3) is 5.91 Å². The van der Waals surface area contributed by atoms with Crippen molar-refractivity contribution in [1.82, 2.24) is 5.32 Å². The van der Waals surface area contributed by atoms with Crippen LogP contribution in [0.25, 0.3) is 0 Å². The van der Waals surface area contributed by atoms with E-state index in [-0.39, 0.29) is 10.0 Å². The minimum atomic E-state index is -4.63. The van der Waals surface area contributed by atoms with Crippen LogP contribution in [0.4, 0.5) is 13.2 Å². The van der Waals surface area contributed by atoms with E-state index in [2.05, 4.69) is 15.9 Å². The highest BCUT2D eigenvalue weighted by Crippen LogP contribution is 2.31. The van der Waals surface area contributed by atoms with Gasteiger partial charge in [-0.1, -0.05) is 0 Å². The fourth-order valence-corrected chi connectivity index (χ4v) is 1.72. The number of nitrogens with one attached hydrogen (secondary N) is 1. The fraction of sp³-hybridized carbons (Fsp3) is 0.273. The van der Waals surface area contributed by atoms with Crippen molar-refractivity contribution in [1.29, 1.82) is 0 Å². The molecule has 1 atom stereocenters. The predicted octanol–water partition coefficient (Wildman–Crippen LogP) is 1.64. The van der Waals surface area contributed by atoms with Gasteiger partial charge < -0.3 is 15.5 Å². The molecule has 0 fully saturated rings. The molecule has 0 aromatic heterocycles. The predicted molar refractivity (Wildman–Crippen MR) is 65.1 cm³/mol. The van der Waals surface area contributed by atoms with Crippen LogP contribution in [0.1, 0.15) is 15.9 Å². The first kappa shape index (κ1) is 16.4. The van der Waals surface area contributed by atoms with Crippen molar-refractivity contribution in [2.45, 2.75) is 12.2 Å². The first-order chi connectivity index (χ1) is 9.16. The number of hydrogen-bond donors (Lipinski definition) is 3. The number of alkyl halides is 3. The molecular formula is C11H9BrF3NO4. The zero-order valence-corrected chi connectivity index (χ0v) is 11.3. The number of carbonyl (C=O) groups is 2. The van der Waals surface area contributed by atoms with Crippen LogP contribution in [0, 0.1) is 0 Å². The summed E-state index contributed by atoms with van der Waals surface area (Å²) in [5.74, 6) is -2.53. The van der Waals surface area contributed by atoms with Gasteiger partial charge in [0.1, 0.15) is 0 Å². The molecule has 0 aliphatic heterocycles. The van der Waals surface area contributed by atoms with Crippen molar-refractivity contribution in [3.63, 3.8) is 0 Å². The summed E-state index contributed by atoms with van der Waals surface area (Å²) in [4.78, 5) is 22.4. The van der Waals surface area contributed by atoms with Crippen molar-refractivity contribution in [2.75, 3.05) is 6.61 Å². The Bertz CT molecular complexity index is 533. The number of carboxylic acid groups (broad SMARTS) is 1. The topological polar surface area (TPSA) is 86.6 Å². The molecular weight excluding hydrogens is 347 g/mol. The molecule has 1 rings (SSSR count). The first-order valence-electron chi connectivity index (χ1n) is 5.18. The minimum absolute atomic E-state index is 0.0741. The number of hydrogen-bond acceptors (Lipinski definition) is 3. The van der Waals surface area contributed by atoms with Crippen molar-refractivity contribution in [3.8, 4) is 0 Å². The Morgan fingerprint density at radius 2 is 1.95 bits per heavy atom. The lowest BCUT2D eigenvalue weighted by Gasteiger charge is -2.14. The molecule has 1 unspecified atom stereocenters. The largest absolute Gasteiger partial charge is 0.480 e. The second-order valence-electron chi connectivity index (χ2n) is 3.74. The summed E-state index contributed by atoms with van der Waals surface area (Å²) in [6, 6.07) is 0.813. The fourth-order valence-electron chi connectivity index (χ4n) is 1.30. The van der Waals surface area contributed by atoms with Gasteiger partial charge in [0.15, 0.2) is 6.04 Å². The quantitative estimate of drug-likeness (QED) is 0.766. The number of benzene rings is 1. The molecule has 9 heteroatoms. The van der Waals surface area contributed by atoms with E-state index in [1.54, 1.807) is 0 Å². The average molecular weight is 356 g/mol. The van der Waals surface area contributed by atoms with Crippen LogP contribution in [-0.4, -0.2) is 34.7 Å². The summed E-state index contributed by atoms with van der Waals surface area (Å²) in [5.41, 5.74) is -1.42. The SMILES string of the molecule is O=C(NC(CO)C(=O)O)c1cc(C(F)(F)F)ccc1Br. The van der Waals surface area contributed by atoms with Gasteiger partial charge in [0.05, 0.1) is 17.7 Å². The molecule has 1 aromatic carbocycles. The second kappa shape index (κ2) is 6.23. The van der Waals surface area contributed by atoms with Crippen LogP contribution in [0.2, 0.25) is 0 Å². The lowest BCUT2D eigenvalue weighted by molar-refractivity contribution is -0.140. The lowest BCUT2D eigenvalue weighted by atomic mass is 10.1. The second-order valence-corrected chi connectivity index (χ2v) is 4.59. The standard InChI is InChI=1S/C11H9BrF3NO4/c12-7-2-1-5(11(13,14)15)3-6(7)9(18)16-8(4-17)10(19)20/h1-3,8,17H,4H2,(H,16,18)(H,19,20). The molecule has 0 saturated carbocycles. The number of halogens is 4. The third-order valence-electron chi connectivity index (χ3n) is 2.32. The van der Waals surface area contributed by atoms with Gasteiger partial charge in [-0.05, 0) is 34.1 Å².